The third-order valence-corrected chi connectivity index (χ3v) is 4.80. The zero-order valence-corrected chi connectivity index (χ0v) is 15.6. The van der Waals surface area contributed by atoms with Crippen LogP contribution in [0.15, 0.2) is 24.3 Å². The van der Waals surface area contributed by atoms with Gasteiger partial charge >= 0.3 is 0 Å². The van der Waals surface area contributed by atoms with Crippen LogP contribution in [-0.4, -0.2) is 27.4 Å². The lowest BCUT2D eigenvalue weighted by atomic mass is 10.1. The number of fused-ring (bicyclic) bond motifs is 1. The quantitative estimate of drug-likeness (QED) is 0.865. The number of carbonyl (C=O) groups excluding carboxylic acids is 2. The van der Waals surface area contributed by atoms with E-state index in [4.69, 9.17) is 0 Å². The topological polar surface area (TPSA) is 76.0 Å². The van der Waals surface area contributed by atoms with Crippen molar-refractivity contribution in [2.24, 2.45) is 0 Å². The van der Waals surface area contributed by atoms with Gasteiger partial charge in [0.2, 0.25) is 0 Å². The number of carbonyl (C=O) groups is 2. The molecule has 1 aromatic heterocycles. The number of nitrogens with zero attached hydrogens (tertiary/aromatic N) is 2. The lowest BCUT2D eigenvalue weighted by Gasteiger charge is -2.18. The fourth-order valence-corrected chi connectivity index (χ4v) is 3.20. The van der Waals surface area contributed by atoms with Gasteiger partial charge in [0, 0.05) is 18.3 Å². The van der Waals surface area contributed by atoms with Crippen LogP contribution < -0.4 is 10.6 Å². The summed E-state index contributed by atoms with van der Waals surface area (Å²) in [6, 6.07) is 7.72. The number of nitrogens with one attached hydrogen (secondary N) is 2. The van der Waals surface area contributed by atoms with Gasteiger partial charge in [-0.25, -0.2) is 4.98 Å². The largest absolute Gasteiger partial charge is 0.347 e. The molecule has 0 saturated heterocycles. The predicted molar refractivity (Wildman–Crippen MR) is 102 cm³/mol. The molecule has 2 heterocycles. The Hall–Kier alpha value is -2.63. The molecule has 2 aromatic rings. The summed E-state index contributed by atoms with van der Waals surface area (Å²) in [6.07, 6.45) is 3.61. The number of hydrogen-bond donors (Lipinski definition) is 2. The molecule has 1 unspecified atom stereocenters. The normalized spacial score (nSPS) is 14.4. The lowest BCUT2D eigenvalue weighted by molar-refractivity contribution is 0.0923. The van der Waals surface area contributed by atoms with Gasteiger partial charge in [-0.1, -0.05) is 19.1 Å². The van der Waals surface area contributed by atoms with Gasteiger partial charge in [-0.05, 0) is 57.2 Å². The van der Waals surface area contributed by atoms with Gasteiger partial charge in [-0.15, -0.1) is 0 Å². The SMILES string of the molecule is CCC(C)NC(=O)c1nc(C(=O)Nc2cccc(C)c2)c2n1CCCC2. The summed E-state index contributed by atoms with van der Waals surface area (Å²) >= 11 is 0. The van der Waals surface area contributed by atoms with Crippen LogP contribution in [0.25, 0.3) is 0 Å². The molecule has 138 valence electrons. The van der Waals surface area contributed by atoms with E-state index < -0.39 is 0 Å². The molecule has 0 fully saturated rings. The van der Waals surface area contributed by atoms with Gasteiger partial charge in [0.15, 0.2) is 11.5 Å². The first kappa shape index (κ1) is 18.2. The minimum Gasteiger partial charge on any atom is -0.347 e. The number of hydrogen-bond acceptors (Lipinski definition) is 3. The second-order valence-electron chi connectivity index (χ2n) is 6.95. The minimum absolute atomic E-state index is 0.0728. The summed E-state index contributed by atoms with van der Waals surface area (Å²) < 4.78 is 1.91. The van der Waals surface area contributed by atoms with Gasteiger partial charge in [0.1, 0.15) is 0 Å². The zero-order valence-electron chi connectivity index (χ0n) is 15.6. The Morgan fingerprint density at radius 3 is 2.81 bits per heavy atom. The van der Waals surface area contributed by atoms with Gasteiger partial charge in [-0.3, -0.25) is 9.59 Å². The third-order valence-electron chi connectivity index (χ3n) is 4.80. The standard InChI is InChI=1S/C20H26N4O2/c1-4-14(3)21-20(26)18-23-17(16-10-5-6-11-24(16)18)19(25)22-15-9-7-8-13(2)12-15/h7-9,12,14H,4-6,10-11H2,1-3H3,(H,21,26)(H,22,25). The minimum atomic E-state index is -0.260. The Bertz CT molecular complexity index is 825. The van der Waals surface area contributed by atoms with Crippen molar-refractivity contribution < 1.29 is 9.59 Å². The van der Waals surface area contributed by atoms with Crippen LogP contribution in [0.3, 0.4) is 0 Å². The van der Waals surface area contributed by atoms with E-state index in [2.05, 4.69) is 15.6 Å². The second-order valence-corrected chi connectivity index (χ2v) is 6.95. The Balaban J connectivity index is 1.89. The molecule has 6 heteroatoms. The summed E-state index contributed by atoms with van der Waals surface area (Å²) in [7, 11) is 0. The molecule has 1 aromatic carbocycles. The van der Waals surface area contributed by atoms with E-state index in [0.29, 0.717) is 11.5 Å². The van der Waals surface area contributed by atoms with Crippen LogP contribution in [-0.2, 0) is 13.0 Å². The molecular formula is C20H26N4O2. The van der Waals surface area contributed by atoms with Crippen LogP contribution in [0.1, 0.15) is 65.5 Å². The van der Waals surface area contributed by atoms with Crippen LogP contribution >= 0.6 is 0 Å². The summed E-state index contributed by atoms with van der Waals surface area (Å²) in [5.41, 5.74) is 3.03. The van der Waals surface area contributed by atoms with Crippen molar-refractivity contribution in [2.75, 3.05) is 5.32 Å². The van der Waals surface area contributed by atoms with Gasteiger partial charge in [0.25, 0.3) is 11.8 Å². The molecule has 2 amide bonds. The lowest BCUT2D eigenvalue weighted by Crippen LogP contribution is -2.34. The number of aryl methyl sites for hydroxylation is 1. The molecule has 6 nitrogen and oxygen atoms in total. The molecule has 1 aliphatic rings. The molecule has 26 heavy (non-hydrogen) atoms. The monoisotopic (exact) mass is 354 g/mol. The number of benzene rings is 1. The van der Waals surface area contributed by atoms with E-state index in [1.54, 1.807) is 0 Å². The summed E-state index contributed by atoms with van der Waals surface area (Å²) in [4.78, 5) is 29.8. The average molecular weight is 354 g/mol. The molecule has 2 N–H and O–H groups in total. The highest BCUT2D eigenvalue weighted by Gasteiger charge is 2.27. The van der Waals surface area contributed by atoms with Crippen LogP contribution in [0.2, 0.25) is 0 Å². The van der Waals surface area contributed by atoms with Gasteiger partial charge in [-0.2, -0.15) is 0 Å². The molecule has 0 spiro atoms. The highest BCUT2D eigenvalue weighted by atomic mass is 16.2. The van der Waals surface area contributed by atoms with E-state index in [-0.39, 0.29) is 17.9 Å². The molecule has 0 bridgehead atoms. The molecule has 0 radical (unpaired) electrons. The molecule has 1 atom stereocenters. The van der Waals surface area contributed by atoms with Crippen molar-refractivity contribution in [3.05, 3.63) is 47.0 Å². The smallest absolute Gasteiger partial charge is 0.287 e. The average Bonchev–Trinajstić information content (AvgIpc) is 3.01. The van der Waals surface area contributed by atoms with Crippen molar-refractivity contribution >= 4 is 17.5 Å². The highest BCUT2D eigenvalue weighted by molar-refractivity contribution is 6.05. The molecule has 1 aliphatic heterocycles. The third kappa shape index (κ3) is 3.79. The Kier molecular flexibility index (Phi) is 5.40. The van der Waals surface area contributed by atoms with Crippen molar-refractivity contribution in [3.63, 3.8) is 0 Å². The Morgan fingerprint density at radius 2 is 2.08 bits per heavy atom. The maximum Gasteiger partial charge on any atom is 0.287 e. The molecular weight excluding hydrogens is 328 g/mol. The first-order chi connectivity index (χ1) is 12.5. The van der Waals surface area contributed by atoms with E-state index in [1.807, 2.05) is 49.6 Å². The van der Waals surface area contributed by atoms with Crippen LogP contribution in [0.5, 0.6) is 0 Å². The molecule has 0 saturated carbocycles. The van der Waals surface area contributed by atoms with Gasteiger partial charge in [0.05, 0.1) is 5.69 Å². The van der Waals surface area contributed by atoms with Crippen LogP contribution in [0, 0.1) is 6.92 Å². The first-order valence-electron chi connectivity index (χ1n) is 9.28. The van der Waals surface area contributed by atoms with Crippen molar-refractivity contribution in [3.8, 4) is 0 Å². The van der Waals surface area contributed by atoms with E-state index in [0.717, 1.165) is 49.2 Å². The maximum absolute atomic E-state index is 12.8. The Labute approximate surface area is 154 Å². The van der Waals surface area contributed by atoms with Crippen molar-refractivity contribution in [1.29, 1.82) is 0 Å². The van der Waals surface area contributed by atoms with E-state index in [1.165, 1.54) is 0 Å². The second kappa shape index (κ2) is 7.72. The van der Waals surface area contributed by atoms with Crippen LogP contribution in [0.4, 0.5) is 5.69 Å². The van der Waals surface area contributed by atoms with Gasteiger partial charge < -0.3 is 15.2 Å². The number of imidazole rings is 1. The number of aromatic nitrogens is 2. The molecule has 0 aliphatic carbocycles. The van der Waals surface area contributed by atoms with E-state index >= 15 is 0 Å². The van der Waals surface area contributed by atoms with E-state index in [9.17, 15) is 9.59 Å². The number of anilines is 1. The predicted octanol–water partition coefficient (Wildman–Crippen LogP) is 3.31. The first-order valence-corrected chi connectivity index (χ1v) is 9.28. The highest BCUT2D eigenvalue weighted by Crippen LogP contribution is 2.22. The summed E-state index contributed by atoms with van der Waals surface area (Å²) in [5.74, 6) is -0.129. The zero-order chi connectivity index (χ0) is 18.7. The fourth-order valence-electron chi connectivity index (χ4n) is 3.20. The number of rotatable bonds is 5. The summed E-state index contributed by atoms with van der Waals surface area (Å²) in [6.45, 7) is 6.69. The number of amides is 2. The Morgan fingerprint density at radius 1 is 1.27 bits per heavy atom. The summed E-state index contributed by atoms with van der Waals surface area (Å²) in [5, 5.41) is 5.86. The fraction of sp³-hybridized carbons (Fsp3) is 0.450. The maximum atomic E-state index is 12.8. The van der Waals surface area contributed by atoms with Crippen molar-refractivity contribution in [2.45, 2.75) is 59.0 Å². The molecule has 3 rings (SSSR count). The van der Waals surface area contributed by atoms with Crippen molar-refractivity contribution in [1.82, 2.24) is 14.9 Å².